The Balaban J connectivity index is 2.12. The summed E-state index contributed by atoms with van der Waals surface area (Å²) in [6.45, 7) is 10.0. The van der Waals surface area contributed by atoms with E-state index >= 15 is 0 Å². The van der Waals surface area contributed by atoms with Crippen LogP contribution >= 0.6 is 0 Å². The van der Waals surface area contributed by atoms with Crippen molar-refractivity contribution in [3.05, 3.63) is 59.2 Å². The number of hydrogen-bond donors (Lipinski definition) is 1. The number of benzene rings is 1. The van der Waals surface area contributed by atoms with Crippen LogP contribution in [0.2, 0.25) is 0 Å². The van der Waals surface area contributed by atoms with Crippen LogP contribution in [0.5, 0.6) is 0 Å². The summed E-state index contributed by atoms with van der Waals surface area (Å²) in [6, 6.07) is 7.51. The predicted octanol–water partition coefficient (Wildman–Crippen LogP) is 4.01. The number of nitrogens with one attached hydrogen (secondary N) is 1. The standard InChI is InChI=1S/C18H22N2O/c1-12(2)15-10-9-14(4)17(11-15)19-20-18(21)16-8-6-5-7-13(16)3/h5-9,15H,1,10-11H2,2-4H3,(H,20,21)/b19-17+/t15-/m0/s1. The number of aryl methyl sites for hydroxylation is 1. The molecule has 0 bridgehead atoms. The molecule has 21 heavy (non-hydrogen) atoms. The van der Waals surface area contributed by atoms with Gasteiger partial charge < -0.3 is 0 Å². The molecule has 0 saturated carbocycles. The summed E-state index contributed by atoms with van der Waals surface area (Å²) in [5.41, 5.74) is 7.53. The first-order valence-electron chi connectivity index (χ1n) is 7.24. The third kappa shape index (κ3) is 3.69. The molecule has 1 amide bonds. The second-order valence-electron chi connectivity index (χ2n) is 5.68. The summed E-state index contributed by atoms with van der Waals surface area (Å²) in [6.07, 6.45) is 4.01. The summed E-state index contributed by atoms with van der Waals surface area (Å²) in [5.74, 6) is 0.258. The highest BCUT2D eigenvalue weighted by Gasteiger charge is 2.19. The first-order valence-corrected chi connectivity index (χ1v) is 7.24. The molecule has 0 aromatic heterocycles. The Morgan fingerprint density at radius 1 is 1.33 bits per heavy atom. The molecule has 2 rings (SSSR count). The van der Waals surface area contributed by atoms with Crippen LogP contribution in [0.3, 0.4) is 0 Å². The number of carbonyl (C=O) groups excluding carboxylic acids is 1. The maximum Gasteiger partial charge on any atom is 0.271 e. The molecule has 0 heterocycles. The Morgan fingerprint density at radius 2 is 2.05 bits per heavy atom. The summed E-state index contributed by atoms with van der Waals surface area (Å²) in [5, 5.41) is 4.32. The molecular weight excluding hydrogens is 260 g/mol. The first-order chi connectivity index (χ1) is 9.99. The van der Waals surface area contributed by atoms with Crippen LogP contribution in [0, 0.1) is 12.8 Å². The predicted molar refractivity (Wildman–Crippen MR) is 87.4 cm³/mol. The number of hydrogen-bond acceptors (Lipinski definition) is 2. The number of hydrazone groups is 1. The van der Waals surface area contributed by atoms with Gasteiger partial charge in [-0.15, -0.1) is 0 Å². The van der Waals surface area contributed by atoms with E-state index in [1.807, 2.05) is 45.0 Å². The van der Waals surface area contributed by atoms with Crippen molar-refractivity contribution in [3.63, 3.8) is 0 Å². The monoisotopic (exact) mass is 282 g/mol. The lowest BCUT2D eigenvalue weighted by Gasteiger charge is -2.22. The van der Waals surface area contributed by atoms with Gasteiger partial charge in [0.1, 0.15) is 0 Å². The zero-order chi connectivity index (χ0) is 15.4. The molecular formula is C18H22N2O. The van der Waals surface area contributed by atoms with E-state index in [2.05, 4.69) is 23.2 Å². The van der Waals surface area contributed by atoms with Gasteiger partial charge in [0.15, 0.2) is 0 Å². The summed E-state index contributed by atoms with van der Waals surface area (Å²) >= 11 is 0. The molecule has 0 saturated heterocycles. The van der Waals surface area contributed by atoms with Crippen LogP contribution in [0.25, 0.3) is 0 Å². The first kappa shape index (κ1) is 15.2. The molecule has 1 aromatic rings. The van der Waals surface area contributed by atoms with E-state index in [0.717, 1.165) is 35.3 Å². The summed E-state index contributed by atoms with van der Waals surface area (Å²) in [4.78, 5) is 12.2. The van der Waals surface area contributed by atoms with E-state index in [1.165, 1.54) is 0 Å². The largest absolute Gasteiger partial charge is 0.271 e. The lowest BCUT2D eigenvalue weighted by atomic mass is 9.85. The molecule has 3 nitrogen and oxygen atoms in total. The van der Waals surface area contributed by atoms with Gasteiger partial charge in [-0.05, 0) is 56.7 Å². The van der Waals surface area contributed by atoms with Crippen molar-refractivity contribution in [2.24, 2.45) is 11.0 Å². The van der Waals surface area contributed by atoms with Crippen LogP contribution < -0.4 is 5.43 Å². The van der Waals surface area contributed by atoms with Crippen LogP contribution in [0.4, 0.5) is 0 Å². The van der Waals surface area contributed by atoms with Crippen molar-refractivity contribution in [2.45, 2.75) is 33.6 Å². The Bertz CT molecular complexity index is 626. The van der Waals surface area contributed by atoms with Gasteiger partial charge >= 0.3 is 0 Å². The Labute approximate surface area is 126 Å². The minimum atomic E-state index is -0.161. The van der Waals surface area contributed by atoms with Crippen molar-refractivity contribution in [1.82, 2.24) is 5.43 Å². The van der Waals surface area contributed by atoms with Gasteiger partial charge in [-0.25, -0.2) is 5.43 Å². The van der Waals surface area contributed by atoms with Crippen LogP contribution in [0.15, 0.2) is 53.2 Å². The van der Waals surface area contributed by atoms with Crippen molar-refractivity contribution in [3.8, 4) is 0 Å². The molecule has 0 fully saturated rings. The third-order valence-electron chi connectivity index (χ3n) is 3.98. The molecule has 3 heteroatoms. The zero-order valence-corrected chi connectivity index (χ0v) is 12.9. The van der Waals surface area contributed by atoms with Crippen molar-refractivity contribution >= 4 is 11.6 Å². The Kier molecular flexibility index (Phi) is 4.73. The van der Waals surface area contributed by atoms with Crippen LogP contribution in [-0.2, 0) is 0 Å². The highest BCUT2D eigenvalue weighted by atomic mass is 16.2. The second-order valence-corrected chi connectivity index (χ2v) is 5.68. The average Bonchev–Trinajstić information content (AvgIpc) is 2.46. The van der Waals surface area contributed by atoms with E-state index in [-0.39, 0.29) is 5.91 Å². The van der Waals surface area contributed by atoms with Gasteiger partial charge in [-0.2, -0.15) is 5.10 Å². The zero-order valence-electron chi connectivity index (χ0n) is 12.9. The van der Waals surface area contributed by atoms with Gasteiger partial charge in [0, 0.05) is 5.56 Å². The Morgan fingerprint density at radius 3 is 2.71 bits per heavy atom. The quantitative estimate of drug-likeness (QED) is 0.660. The minimum absolute atomic E-state index is 0.161. The number of amides is 1. The van der Waals surface area contributed by atoms with Gasteiger partial charge in [-0.3, -0.25) is 4.79 Å². The van der Waals surface area contributed by atoms with Crippen LogP contribution in [-0.4, -0.2) is 11.6 Å². The molecule has 1 aliphatic rings. The number of rotatable bonds is 3. The highest BCUT2D eigenvalue weighted by molar-refractivity contribution is 6.02. The summed E-state index contributed by atoms with van der Waals surface area (Å²) < 4.78 is 0. The normalized spacial score (nSPS) is 20.0. The van der Waals surface area contributed by atoms with E-state index in [0.29, 0.717) is 11.5 Å². The van der Waals surface area contributed by atoms with Gasteiger partial charge in [0.25, 0.3) is 5.91 Å². The molecule has 1 aromatic carbocycles. The van der Waals surface area contributed by atoms with E-state index in [1.54, 1.807) is 0 Å². The average molecular weight is 282 g/mol. The number of carbonyl (C=O) groups is 1. The highest BCUT2D eigenvalue weighted by Crippen LogP contribution is 2.26. The topological polar surface area (TPSA) is 41.5 Å². The van der Waals surface area contributed by atoms with Gasteiger partial charge in [0.2, 0.25) is 0 Å². The van der Waals surface area contributed by atoms with E-state index in [4.69, 9.17) is 0 Å². The molecule has 0 radical (unpaired) electrons. The smallest absolute Gasteiger partial charge is 0.267 e. The maximum absolute atomic E-state index is 12.2. The summed E-state index contributed by atoms with van der Waals surface area (Å²) in [7, 11) is 0. The Hall–Kier alpha value is -2.16. The molecule has 1 atom stereocenters. The van der Waals surface area contributed by atoms with Crippen LogP contribution in [0.1, 0.15) is 42.6 Å². The molecule has 110 valence electrons. The van der Waals surface area contributed by atoms with Gasteiger partial charge in [0.05, 0.1) is 5.71 Å². The lowest BCUT2D eigenvalue weighted by Crippen LogP contribution is -2.23. The number of nitrogens with zero attached hydrogens (tertiary/aromatic N) is 1. The molecule has 1 aliphatic carbocycles. The van der Waals surface area contributed by atoms with E-state index < -0.39 is 0 Å². The number of allylic oxidation sites excluding steroid dienone is 3. The minimum Gasteiger partial charge on any atom is -0.267 e. The second kappa shape index (κ2) is 6.53. The fourth-order valence-electron chi connectivity index (χ4n) is 2.43. The molecule has 0 unspecified atom stereocenters. The van der Waals surface area contributed by atoms with Crippen molar-refractivity contribution in [1.29, 1.82) is 0 Å². The fraction of sp³-hybridized carbons (Fsp3) is 0.333. The van der Waals surface area contributed by atoms with Gasteiger partial charge in [-0.1, -0.05) is 36.4 Å². The maximum atomic E-state index is 12.2. The third-order valence-corrected chi connectivity index (χ3v) is 3.98. The lowest BCUT2D eigenvalue weighted by molar-refractivity contribution is 0.0954. The van der Waals surface area contributed by atoms with E-state index in [9.17, 15) is 4.79 Å². The molecule has 1 N–H and O–H groups in total. The fourth-order valence-corrected chi connectivity index (χ4v) is 2.43. The van der Waals surface area contributed by atoms with Crippen molar-refractivity contribution in [2.75, 3.05) is 0 Å². The molecule has 0 spiro atoms. The molecule has 0 aliphatic heterocycles. The SMILES string of the molecule is C=C(C)[C@H]1CC=C(C)/C(=N/NC(=O)c2ccccc2C)C1. The van der Waals surface area contributed by atoms with Crippen molar-refractivity contribution < 1.29 is 4.79 Å².